The van der Waals surface area contributed by atoms with E-state index in [1.165, 1.54) is 7.11 Å². The SMILES string of the molecule is COC(=O)Oc1n[nH]c(C#N)c1C. The molecule has 0 saturated carbocycles. The lowest BCUT2D eigenvalue weighted by Crippen LogP contribution is -2.08. The van der Waals surface area contributed by atoms with Gasteiger partial charge in [0.15, 0.2) is 0 Å². The highest BCUT2D eigenvalue weighted by Crippen LogP contribution is 2.16. The Labute approximate surface area is 74.1 Å². The lowest BCUT2D eigenvalue weighted by atomic mass is 10.3. The quantitative estimate of drug-likeness (QED) is 0.645. The second-order valence-electron chi connectivity index (χ2n) is 2.20. The molecule has 6 nitrogen and oxygen atoms in total. The van der Waals surface area contributed by atoms with Crippen LogP contribution in [0.5, 0.6) is 5.88 Å². The Morgan fingerprint density at radius 1 is 1.69 bits per heavy atom. The zero-order chi connectivity index (χ0) is 9.84. The summed E-state index contributed by atoms with van der Waals surface area (Å²) in [5.41, 5.74) is 0.742. The molecule has 0 aliphatic carbocycles. The number of H-pyrrole nitrogens is 1. The van der Waals surface area contributed by atoms with Gasteiger partial charge in [-0.2, -0.15) is 5.26 Å². The highest BCUT2D eigenvalue weighted by Gasteiger charge is 2.13. The van der Waals surface area contributed by atoms with Crippen LogP contribution in [-0.4, -0.2) is 23.5 Å². The molecular formula is C7H7N3O3. The molecule has 0 atom stereocenters. The van der Waals surface area contributed by atoms with E-state index in [0.717, 1.165) is 0 Å². The molecule has 6 heteroatoms. The number of nitriles is 1. The number of aromatic amines is 1. The molecule has 1 aromatic heterocycles. The van der Waals surface area contributed by atoms with Gasteiger partial charge in [0.1, 0.15) is 11.8 Å². The smallest absolute Gasteiger partial charge is 0.437 e. The van der Waals surface area contributed by atoms with E-state index < -0.39 is 6.16 Å². The van der Waals surface area contributed by atoms with Crippen LogP contribution in [-0.2, 0) is 4.74 Å². The van der Waals surface area contributed by atoms with Gasteiger partial charge in [-0.25, -0.2) is 4.79 Å². The molecule has 1 rings (SSSR count). The van der Waals surface area contributed by atoms with E-state index in [2.05, 4.69) is 19.7 Å². The lowest BCUT2D eigenvalue weighted by molar-refractivity contribution is 0.119. The van der Waals surface area contributed by atoms with Crippen LogP contribution in [0.15, 0.2) is 0 Å². The van der Waals surface area contributed by atoms with Gasteiger partial charge in [0.2, 0.25) is 5.88 Å². The van der Waals surface area contributed by atoms with Crippen molar-refractivity contribution in [1.29, 1.82) is 5.26 Å². The van der Waals surface area contributed by atoms with Crippen molar-refractivity contribution in [2.75, 3.05) is 7.11 Å². The summed E-state index contributed by atoms with van der Waals surface area (Å²) in [6.07, 6.45) is -0.862. The van der Waals surface area contributed by atoms with E-state index in [0.29, 0.717) is 5.56 Å². The summed E-state index contributed by atoms with van der Waals surface area (Å²) in [4.78, 5) is 10.6. The normalized spacial score (nSPS) is 9.00. The van der Waals surface area contributed by atoms with E-state index >= 15 is 0 Å². The second-order valence-corrected chi connectivity index (χ2v) is 2.20. The number of carbonyl (C=O) groups excluding carboxylic acids is 1. The Morgan fingerprint density at radius 2 is 2.38 bits per heavy atom. The van der Waals surface area contributed by atoms with Crippen molar-refractivity contribution >= 4 is 6.16 Å². The molecule has 0 fully saturated rings. The minimum Gasteiger partial charge on any atom is -0.437 e. The van der Waals surface area contributed by atoms with Crippen LogP contribution < -0.4 is 4.74 Å². The van der Waals surface area contributed by atoms with E-state index in [-0.39, 0.29) is 11.6 Å². The number of hydrogen-bond acceptors (Lipinski definition) is 5. The molecule has 0 aromatic carbocycles. The van der Waals surface area contributed by atoms with Gasteiger partial charge < -0.3 is 9.47 Å². The maximum Gasteiger partial charge on any atom is 0.514 e. The number of nitrogens with zero attached hydrogens (tertiary/aromatic N) is 2. The van der Waals surface area contributed by atoms with Crippen LogP contribution in [0.3, 0.4) is 0 Å². The predicted octanol–water partition coefficient (Wildman–Crippen LogP) is 0.735. The highest BCUT2D eigenvalue weighted by atomic mass is 16.7. The molecule has 68 valence electrons. The molecule has 0 amide bonds. The summed E-state index contributed by atoms with van der Waals surface area (Å²) in [5, 5.41) is 14.5. The molecule has 0 unspecified atom stereocenters. The van der Waals surface area contributed by atoms with Crippen molar-refractivity contribution in [1.82, 2.24) is 10.2 Å². The summed E-state index contributed by atoms with van der Waals surface area (Å²) in [5.74, 6) is 0.0587. The molecular weight excluding hydrogens is 174 g/mol. The van der Waals surface area contributed by atoms with Crippen molar-refractivity contribution in [2.45, 2.75) is 6.92 Å². The zero-order valence-corrected chi connectivity index (χ0v) is 7.12. The molecule has 13 heavy (non-hydrogen) atoms. The largest absolute Gasteiger partial charge is 0.514 e. The van der Waals surface area contributed by atoms with Crippen molar-refractivity contribution in [3.05, 3.63) is 11.3 Å². The Hall–Kier alpha value is -2.03. The first-order valence-electron chi connectivity index (χ1n) is 3.40. The van der Waals surface area contributed by atoms with Gasteiger partial charge in [-0.05, 0) is 6.92 Å². The topological polar surface area (TPSA) is 88.0 Å². The van der Waals surface area contributed by atoms with Crippen LogP contribution in [0.2, 0.25) is 0 Å². The zero-order valence-electron chi connectivity index (χ0n) is 7.12. The first-order valence-corrected chi connectivity index (χ1v) is 3.40. The first kappa shape index (κ1) is 9.06. The molecule has 0 aliphatic rings. The minimum atomic E-state index is -0.862. The summed E-state index contributed by atoms with van der Waals surface area (Å²) in [6, 6.07) is 1.86. The number of ether oxygens (including phenoxy) is 2. The number of rotatable bonds is 1. The van der Waals surface area contributed by atoms with Gasteiger partial charge in [0, 0.05) is 5.56 Å². The maximum atomic E-state index is 10.6. The number of nitrogens with one attached hydrogen (secondary N) is 1. The van der Waals surface area contributed by atoms with Crippen LogP contribution >= 0.6 is 0 Å². The van der Waals surface area contributed by atoms with Crippen LogP contribution in [0.4, 0.5) is 4.79 Å². The van der Waals surface area contributed by atoms with Gasteiger partial charge in [-0.3, -0.25) is 5.10 Å². The minimum absolute atomic E-state index is 0.0587. The monoisotopic (exact) mass is 181 g/mol. The van der Waals surface area contributed by atoms with Gasteiger partial charge in [0.05, 0.1) is 7.11 Å². The average Bonchev–Trinajstić information content (AvgIpc) is 2.48. The number of aromatic nitrogens is 2. The fraction of sp³-hybridized carbons (Fsp3) is 0.286. The van der Waals surface area contributed by atoms with Crippen molar-refractivity contribution in [2.24, 2.45) is 0 Å². The van der Waals surface area contributed by atoms with E-state index in [9.17, 15) is 4.79 Å². The Kier molecular flexibility index (Phi) is 2.50. The lowest BCUT2D eigenvalue weighted by Gasteiger charge is -1.97. The summed E-state index contributed by atoms with van der Waals surface area (Å²) in [6.45, 7) is 1.61. The standard InChI is InChI=1S/C7H7N3O3/c1-4-5(3-8)9-10-6(4)13-7(11)12-2/h1-2H3,(H,9,10). The van der Waals surface area contributed by atoms with Crippen molar-refractivity contribution in [3.8, 4) is 11.9 Å². The number of methoxy groups -OCH3 is 1. The Bertz CT molecular complexity index is 364. The van der Waals surface area contributed by atoms with Gasteiger partial charge in [0.25, 0.3) is 0 Å². The Balaban J connectivity index is 2.86. The van der Waals surface area contributed by atoms with E-state index in [4.69, 9.17) is 5.26 Å². The third-order valence-corrected chi connectivity index (χ3v) is 1.42. The second kappa shape index (κ2) is 3.58. The van der Waals surface area contributed by atoms with Crippen LogP contribution in [0, 0.1) is 18.3 Å². The summed E-state index contributed by atoms with van der Waals surface area (Å²) >= 11 is 0. The molecule has 1 aromatic rings. The molecule has 0 spiro atoms. The predicted molar refractivity (Wildman–Crippen MR) is 41.1 cm³/mol. The molecule has 0 bridgehead atoms. The number of hydrogen-bond donors (Lipinski definition) is 1. The molecule has 0 saturated heterocycles. The fourth-order valence-electron chi connectivity index (χ4n) is 0.710. The van der Waals surface area contributed by atoms with Gasteiger partial charge in [-0.1, -0.05) is 0 Å². The molecule has 1 heterocycles. The van der Waals surface area contributed by atoms with Crippen molar-refractivity contribution in [3.63, 3.8) is 0 Å². The van der Waals surface area contributed by atoms with Gasteiger partial charge >= 0.3 is 6.16 Å². The molecule has 1 N–H and O–H groups in total. The van der Waals surface area contributed by atoms with E-state index in [1.54, 1.807) is 6.92 Å². The molecule has 0 aliphatic heterocycles. The highest BCUT2D eigenvalue weighted by molar-refractivity contribution is 5.63. The van der Waals surface area contributed by atoms with Crippen LogP contribution in [0.25, 0.3) is 0 Å². The average molecular weight is 181 g/mol. The first-order chi connectivity index (χ1) is 6.19. The Morgan fingerprint density at radius 3 is 2.85 bits per heavy atom. The third kappa shape index (κ3) is 1.76. The number of carbonyl (C=O) groups is 1. The van der Waals surface area contributed by atoms with Crippen LogP contribution in [0.1, 0.15) is 11.3 Å². The van der Waals surface area contributed by atoms with Crippen molar-refractivity contribution < 1.29 is 14.3 Å². The fourth-order valence-corrected chi connectivity index (χ4v) is 0.710. The summed E-state index contributed by atoms with van der Waals surface area (Å²) in [7, 11) is 1.19. The summed E-state index contributed by atoms with van der Waals surface area (Å²) < 4.78 is 8.88. The maximum absolute atomic E-state index is 10.6. The molecule has 0 radical (unpaired) electrons. The van der Waals surface area contributed by atoms with E-state index in [1.807, 2.05) is 6.07 Å². The third-order valence-electron chi connectivity index (χ3n) is 1.42. The van der Waals surface area contributed by atoms with Gasteiger partial charge in [-0.15, -0.1) is 5.10 Å².